The molecule has 1 aliphatic rings. The van der Waals surface area contributed by atoms with Gasteiger partial charge in [-0.25, -0.2) is 8.42 Å². The lowest BCUT2D eigenvalue weighted by atomic mass is 10.2. The molecule has 1 aromatic carbocycles. The number of carbonyl (C=O) groups excluding carboxylic acids is 1. The molecule has 0 aliphatic carbocycles. The van der Waals surface area contributed by atoms with E-state index in [4.69, 9.17) is 18.0 Å². The van der Waals surface area contributed by atoms with Gasteiger partial charge in [-0.15, -0.1) is 0 Å². The third-order valence-electron chi connectivity index (χ3n) is 3.19. The number of piperazine rings is 1. The number of rotatable bonds is 3. The lowest BCUT2D eigenvalue weighted by Gasteiger charge is -2.31. The van der Waals surface area contributed by atoms with Crippen LogP contribution in [-0.4, -0.2) is 42.8 Å². The van der Waals surface area contributed by atoms with Crippen molar-refractivity contribution in [3.8, 4) is 0 Å². The van der Waals surface area contributed by atoms with E-state index in [2.05, 4.69) is 5.32 Å². The van der Waals surface area contributed by atoms with Crippen LogP contribution in [0.15, 0.2) is 29.2 Å². The molecule has 1 unspecified atom stereocenters. The maximum atomic E-state index is 12.5. The third kappa shape index (κ3) is 2.67. The summed E-state index contributed by atoms with van der Waals surface area (Å²) < 4.78 is 26.2. The van der Waals surface area contributed by atoms with Crippen LogP contribution in [0.1, 0.15) is 12.5 Å². The molecule has 0 bridgehead atoms. The Labute approximate surface area is 123 Å². The third-order valence-corrected chi connectivity index (χ3v) is 5.41. The highest BCUT2D eigenvalue weighted by Gasteiger charge is 2.35. The highest BCUT2D eigenvalue weighted by Crippen LogP contribution is 2.20. The summed E-state index contributed by atoms with van der Waals surface area (Å²) in [5.41, 5.74) is 6.07. The van der Waals surface area contributed by atoms with Crippen LogP contribution in [0.3, 0.4) is 0 Å². The average molecular weight is 313 g/mol. The SMILES string of the molecule is CC1C(=O)NCCN1S(=O)(=O)c1ccc(C(N)=S)cc1. The van der Waals surface area contributed by atoms with E-state index >= 15 is 0 Å². The Kier molecular flexibility index (Phi) is 4.07. The van der Waals surface area contributed by atoms with E-state index < -0.39 is 16.1 Å². The van der Waals surface area contributed by atoms with Gasteiger partial charge in [0.1, 0.15) is 11.0 Å². The number of carbonyl (C=O) groups is 1. The van der Waals surface area contributed by atoms with Gasteiger partial charge in [-0.3, -0.25) is 4.79 Å². The fourth-order valence-electron chi connectivity index (χ4n) is 2.02. The molecule has 108 valence electrons. The van der Waals surface area contributed by atoms with Crippen molar-refractivity contribution < 1.29 is 13.2 Å². The fraction of sp³-hybridized carbons (Fsp3) is 0.333. The summed E-state index contributed by atoms with van der Waals surface area (Å²) in [5, 5.41) is 2.63. The first kappa shape index (κ1) is 14.9. The van der Waals surface area contributed by atoms with E-state index in [9.17, 15) is 13.2 Å². The van der Waals surface area contributed by atoms with E-state index in [1.54, 1.807) is 19.1 Å². The first-order valence-electron chi connectivity index (χ1n) is 6.03. The van der Waals surface area contributed by atoms with Crippen LogP contribution < -0.4 is 11.1 Å². The van der Waals surface area contributed by atoms with Gasteiger partial charge in [0.25, 0.3) is 0 Å². The van der Waals surface area contributed by atoms with Crippen LogP contribution in [0.2, 0.25) is 0 Å². The van der Waals surface area contributed by atoms with Crippen LogP contribution in [0.5, 0.6) is 0 Å². The summed E-state index contributed by atoms with van der Waals surface area (Å²) in [4.78, 5) is 11.9. The van der Waals surface area contributed by atoms with Gasteiger partial charge in [0.15, 0.2) is 0 Å². The number of hydrogen-bond donors (Lipinski definition) is 2. The molecule has 8 heteroatoms. The van der Waals surface area contributed by atoms with E-state index in [1.165, 1.54) is 16.4 Å². The van der Waals surface area contributed by atoms with Crippen LogP contribution >= 0.6 is 12.2 Å². The van der Waals surface area contributed by atoms with Gasteiger partial charge >= 0.3 is 0 Å². The molecule has 1 heterocycles. The summed E-state index contributed by atoms with van der Waals surface area (Å²) in [7, 11) is -3.70. The van der Waals surface area contributed by atoms with Crippen molar-refractivity contribution in [2.45, 2.75) is 17.9 Å². The molecule has 0 radical (unpaired) electrons. The molecule has 0 spiro atoms. The molecule has 1 atom stereocenters. The molecule has 1 aliphatic heterocycles. The predicted molar refractivity (Wildman–Crippen MR) is 78.7 cm³/mol. The van der Waals surface area contributed by atoms with Gasteiger partial charge in [0.05, 0.1) is 4.90 Å². The zero-order valence-electron chi connectivity index (χ0n) is 10.9. The van der Waals surface area contributed by atoms with Crippen LogP contribution in [0, 0.1) is 0 Å². The molecule has 3 N–H and O–H groups in total. The quantitative estimate of drug-likeness (QED) is 0.756. The molecule has 1 fully saturated rings. The van der Waals surface area contributed by atoms with Gasteiger partial charge in [0, 0.05) is 18.7 Å². The Hall–Kier alpha value is -1.51. The largest absolute Gasteiger partial charge is 0.389 e. The second-order valence-electron chi connectivity index (χ2n) is 4.47. The number of thiocarbonyl (C=S) groups is 1. The van der Waals surface area contributed by atoms with Crippen molar-refractivity contribution in [3.63, 3.8) is 0 Å². The summed E-state index contributed by atoms with van der Waals surface area (Å²) in [6.07, 6.45) is 0. The minimum absolute atomic E-state index is 0.124. The Bertz CT molecular complexity index is 640. The van der Waals surface area contributed by atoms with Gasteiger partial charge in [-0.2, -0.15) is 4.31 Å². The Morgan fingerprint density at radius 2 is 2.00 bits per heavy atom. The van der Waals surface area contributed by atoms with E-state index in [0.29, 0.717) is 12.1 Å². The summed E-state index contributed by atoms with van der Waals surface area (Å²) in [5.74, 6) is -0.292. The van der Waals surface area contributed by atoms with Crippen molar-refractivity contribution >= 4 is 33.1 Å². The number of benzene rings is 1. The van der Waals surface area contributed by atoms with Crippen molar-refractivity contribution in [2.24, 2.45) is 5.73 Å². The van der Waals surface area contributed by atoms with Crippen LogP contribution in [0.4, 0.5) is 0 Å². The Morgan fingerprint density at radius 3 is 2.55 bits per heavy atom. The monoisotopic (exact) mass is 313 g/mol. The summed E-state index contributed by atoms with van der Waals surface area (Å²) >= 11 is 4.82. The van der Waals surface area contributed by atoms with Crippen LogP contribution in [0.25, 0.3) is 0 Å². The fourth-order valence-corrected chi connectivity index (χ4v) is 3.75. The Morgan fingerprint density at radius 1 is 1.40 bits per heavy atom. The van der Waals surface area contributed by atoms with E-state index in [-0.39, 0.29) is 22.3 Å². The number of nitrogens with two attached hydrogens (primary N) is 1. The number of nitrogens with one attached hydrogen (secondary N) is 1. The number of amides is 1. The minimum atomic E-state index is -3.70. The van der Waals surface area contributed by atoms with E-state index in [0.717, 1.165) is 0 Å². The lowest BCUT2D eigenvalue weighted by Crippen LogP contribution is -2.55. The van der Waals surface area contributed by atoms with Gasteiger partial charge in [0.2, 0.25) is 15.9 Å². The summed E-state index contributed by atoms with van der Waals surface area (Å²) in [6, 6.07) is 5.30. The molecular formula is C12H15N3O3S2. The second-order valence-corrected chi connectivity index (χ2v) is 6.80. The highest BCUT2D eigenvalue weighted by molar-refractivity contribution is 7.89. The van der Waals surface area contributed by atoms with Gasteiger partial charge in [-0.05, 0) is 19.1 Å². The molecule has 1 aromatic rings. The molecule has 2 rings (SSSR count). The molecule has 0 aromatic heterocycles. The zero-order chi connectivity index (χ0) is 14.9. The Balaban J connectivity index is 2.34. The maximum absolute atomic E-state index is 12.5. The van der Waals surface area contributed by atoms with E-state index in [1.807, 2.05) is 0 Å². The average Bonchev–Trinajstić information content (AvgIpc) is 2.41. The molecular weight excluding hydrogens is 298 g/mol. The molecule has 0 saturated carbocycles. The number of sulfonamides is 1. The molecule has 1 amide bonds. The molecule has 6 nitrogen and oxygen atoms in total. The number of nitrogens with zero attached hydrogens (tertiary/aromatic N) is 1. The topological polar surface area (TPSA) is 92.5 Å². The van der Waals surface area contributed by atoms with Gasteiger partial charge in [-0.1, -0.05) is 24.4 Å². The number of hydrogen-bond acceptors (Lipinski definition) is 4. The van der Waals surface area contributed by atoms with Crippen molar-refractivity contribution in [1.29, 1.82) is 0 Å². The summed E-state index contributed by atoms with van der Waals surface area (Å²) in [6.45, 7) is 2.13. The maximum Gasteiger partial charge on any atom is 0.243 e. The molecule has 20 heavy (non-hydrogen) atoms. The standard InChI is InChI=1S/C12H15N3O3S2/c1-8-12(16)14-6-7-15(8)20(17,18)10-4-2-9(3-5-10)11(13)19/h2-5,8H,6-7H2,1H3,(H2,13,19)(H,14,16). The first-order chi connectivity index (χ1) is 9.34. The normalized spacial score (nSPS) is 20.4. The van der Waals surface area contributed by atoms with Crippen molar-refractivity contribution in [1.82, 2.24) is 9.62 Å². The van der Waals surface area contributed by atoms with Crippen molar-refractivity contribution in [2.75, 3.05) is 13.1 Å². The predicted octanol–water partition coefficient (Wildman–Crippen LogP) is -0.170. The lowest BCUT2D eigenvalue weighted by molar-refractivity contribution is -0.126. The van der Waals surface area contributed by atoms with Crippen LogP contribution in [-0.2, 0) is 14.8 Å². The van der Waals surface area contributed by atoms with Gasteiger partial charge < -0.3 is 11.1 Å². The van der Waals surface area contributed by atoms with Crippen molar-refractivity contribution in [3.05, 3.63) is 29.8 Å². The molecule has 1 saturated heterocycles. The first-order valence-corrected chi connectivity index (χ1v) is 7.88. The highest BCUT2D eigenvalue weighted by atomic mass is 32.2. The minimum Gasteiger partial charge on any atom is -0.389 e. The smallest absolute Gasteiger partial charge is 0.243 e. The zero-order valence-corrected chi connectivity index (χ0v) is 12.5. The second kappa shape index (κ2) is 5.47.